The number of hydrogen-bond acceptors (Lipinski definition) is 8. The monoisotopic (exact) mass is 384 g/mol. The smallest absolute Gasteiger partial charge is 0.230 e. The fourth-order valence-corrected chi connectivity index (χ4v) is 3.45. The van der Waals surface area contributed by atoms with Crippen LogP contribution in [0.2, 0.25) is 0 Å². The summed E-state index contributed by atoms with van der Waals surface area (Å²) in [6.07, 6.45) is 6.32. The van der Waals surface area contributed by atoms with Crippen LogP contribution in [0.4, 0.5) is 16.8 Å². The van der Waals surface area contributed by atoms with Crippen LogP contribution in [0.15, 0.2) is 30.7 Å². The third-order valence-corrected chi connectivity index (χ3v) is 4.79. The van der Waals surface area contributed by atoms with E-state index in [-0.39, 0.29) is 6.61 Å². The Hall–Kier alpha value is -2.98. The molecule has 140 valence electrons. The zero-order valence-electron chi connectivity index (χ0n) is 15.0. The zero-order chi connectivity index (χ0) is 18.8. The van der Waals surface area contributed by atoms with Gasteiger partial charge in [0.2, 0.25) is 5.95 Å². The van der Waals surface area contributed by atoms with Crippen molar-refractivity contribution >= 4 is 39.3 Å². The molecule has 0 saturated carbocycles. The van der Waals surface area contributed by atoms with Gasteiger partial charge < -0.3 is 20.3 Å². The minimum Gasteiger partial charge on any atom is -0.396 e. The molecule has 0 bridgehead atoms. The minimum absolute atomic E-state index is 0.121. The topological polar surface area (TPSA) is 106 Å². The molecule has 0 fully saturated rings. The third-order valence-electron chi connectivity index (χ3n) is 3.99. The molecule has 27 heavy (non-hydrogen) atoms. The molecule has 4 rings (SSSR count). The Morgan fingerprint density at radius 3 is 2.89 bits per heavy atom. The van der Waals surface area contributed by atoms with E-state index in [0.717, 1.165) is 27.4 Å². The summed E-state index contributed by atoms with van der Waals surface area (Å²) in [6, 6.07) is 3.90. The Morgan fingerprint density at radius 1 is 1.30 bits per heavy atom. The van der Waals surface area contributed by atoms with Crippen LogP contribution in [-0.4, -0.2) is 46.9 Å². The number of aryl methyl sites for hydroxylation is 2. The van der Waals surface area contributed by atoms with Crippen molar-refractivity contribution in [2.45, 2.75) is 13.3 Å². The summed E-state index contributed by atoms with van der Waals surface area (Å²) >= 11 is 1.37. The van der Waals surface area contributed by atoms with E-state index in [9.17, 15) is 0 Å². The van der Waals surface area contributed by atoms with E-state index in [2.05, 4.69) is 30.1 Å². The van der Waals surface area contributed by atoms with E-state index in [1.165, 1.54) is 11.5 Å². The fraction of sp³-hybridized carbons (Fsp3) is 0.294. The number of nitrogens with one attached hydrogen (secondary N) is 2. The van der Waals surface area contributed by atoms with E-state index in [4.69, 9.17) is 5.11 Å². The summed E-state index contributed by atoms with van der Waals surface area (Å²) in [5.41, 5.74) is 3.56. The van der Waals surface area contributed by atoms with Gasteiger partial charge in [-0.25, -0.2) is 4.98 Å². The molecular weight excluding hydrogens is 364 g/mol. The number of aromatic nitrogens is 6. The lowest BCUT2D eigenvalue weighted by molar-refractivity contribution is 0.292. The molecule has 0 unspecified atom stereocenters. The number of aliphatic hydroxyl groups excluding tert-OH is 1. The van der Waals surface area contributed by atoms with Gasteiger partial charge in [0.15, 0.2) is 5.82 Å². The molecule has 0 radical (unpaired) electrons. The first kappa shape index (κ1) is 17.4. The molecule has 0 atom stereocenters. The van der Waals surface area contributed by atoms with Crippen molar-refractivity contribution < 1.29 is 5.11 Å². The highest BCUT2D eigenvalue weighted by Crippen LogP contribution is 2.28. The van der Waals surface area contributed by atoms with Crippen LogP contribution < -0.4 is 10.6 Å². The number of hydrogen-bond donors (Lipinski definition) is 3. The first-order valence-electron chi connectivity index (χ1n) is 8.57. The van der Waals surface area contributed by atoms with Gasteiger partial charge in [-0.05, 0) is 37.0 Å². The first-order valence-corrected chi connectivity index (χ1v) is 9.34. The van der Waals surface area contributed by atoms with Gasteiger partial charge in [-0.1, -0.05) is 0 Å². The Morgan fingerprint density at radius 2 is 2.19 bits per heavy atom. The van der Waals surface area contributed by atoms with Gasteiger partial charge in [-0.3, -0.25) is 4.68 Å². The van der Waals surface area contributed by atoms with Crippen molar-refractivity contribution in [3.05, 3.63) is 36.4 Å². The van der Waals surface area contributed by atoms with Gasteiger partial charge in [0.25, 0.3) is 0 Å². The summed E-state index contributed by atoms with van der Waals surface area (Å²) in [5.74, 6) is 1.20. The molecule has 4 aromatic heterocycles. The van der Waals surface area contributed by atoms with Gasteiger partial charge >= 0.3 is 0 Å². The van der Waals surface area contributed by atoms with Crippen LogP contribution >= 0.6 is 11.5 Å². The second kappa shape index (κ2) is 7.33. The molecule has 0 amide bonds. The van der Waals surface area contributed by atoms with Gasteiger partial charge in [-0.15, -0.1) is 0 Å². The van der Waals surface area contributed by atoms with Crippen molar-refractivity contribution in [2.24, 2.45) is 7.05 Å². The van der Waals surface area contributed by atoms with Crippen molar-refractivity contribution in [2.75, 3.05) is 23.8 Å². The van der Waals surface area contributed by atoms with E-state index in [1.54, 1.807) is 10.9 Å². The average molecular weight is 384 g/mol. The van der Waals surface area contributed by atoms with Crippen LogP contribution in [0.3, 0.4) is 0 Å². The molecule has 0 aliphatic carbocycles. The van der Waals surface area contributed by atoms with Gasteiger partial charge in [-0.2, -0.15) is 14.5 Å². The molecule has 4 heterocycles. The Bertz CT molecular complexity index is 1070. The van der Waals surface area contributed by atoms with E-state index >= 15 is 0 Å². The molecule has 0 spiro atoms. The maximum atomic E-state index is 9.10. The normalized spacial score (nSPS) is 11.2. The van der Waals surface area contributed by atoms with Gasteiger partial charge in [0.1, 0.15) is 10.5 Å². The highest BCUT2D eigenvalue weighted by atomic mass is 32.1. The summed E-state index contributed by atoms with van der Waals surface area (Å²) in [5, 5.41) is 20.8. The first-order chi connectivity index (χ1) is 13.1. The standard InChI is InChI=1S/C17H20N8OS/c1-11-8-14(27-23-11)21-17-20-13-4-6-25(12-9-19-24(2)10-12)15(13)16(22-17)18-5-3-7-26/h4,6,8-10,26H,3,5,7H2,1-2H3,(H2,18,20,21,22). The predicted octanol–water partition coefficient (Wildman–Crippen LogP) is 2.46. The molecule has 0 aliphatic heterocycles. The molecule has 10 heteroatoms. The highest BCUT2D eigenvalue weighted by Gasteiger charge is 2.15. The molecule has 9 nitrogen and oxygen atoms in total. The van der Waals surface area contributed by atoms with Gasteiger partial charge in [0.05, 0.1) is 23.1 Å². The van der Waals surface area contributed by atoms with E-state index in [1.807, 2.05) is 43.1 Å². The van der Waals surface area contributed by atoms with Gasteiger partial charge in [0, 0.05) is 32.6 Å². The maximum absolute atomic E-state index is 9.10. The molecular formula is C17H20N8OS. The molecule has 0 aromatic carbocycles. The quantitative estimate of drug-likeness (QED) is 0.420. The zero-order valence-corrected chi connectivity index (χ0v) is 15.9. The second-order valence-corrected chi connectivity index (χ2v) is 6.95. The number of nitrogens with zero attached hydrogens (tertiary/aromatic N) is 6. The van der Waals surface area contributed by atoms with Crippen molar-refractivity contribution in [3.8, 4) is 5.69 Å². The number of aliphatic hydroxyl groups is 1. The van der Waals surface area contributed by atoms with Crippen LogP contribution in [0.25, 0.3) is 16.7 Å². The van der Waals surface area contributed by atoms with Crippen LogP contribution in [0, 0.1) is 6.92 Å². The minimum atomic E-state index is 0.121. The summed E-state index contributed by atoms with van der Waals surface area (Å²) in [4.78, 5) is 9.30. The number of fused-ring (bicyclic) bond motifs is 1. The SMILES string of the molecule is Cc1cc(Nc2nc(NCCCO)c3c(ccn3-c3cnn(C)c3)n2)sn1. The lowest BCUT2D eigenvalue weighted by Crippen LogP contribution is -2.09. The Kier molecular flexibility index (Phi) is 4.73. The van der Waals surface area contributed by atoms with E-state index in [0.29, 0.717) is 24.7 Å². The largest absolute Gasteiger partial charge is 0.396 e. The van der Waals surface area contributed by atoms with Crippen molar-refractivity contribution in [1.29, 1.82) is 0 Å². The third kappa shape index (κ3) is 3.62. The molecule has 3 N–H and O–H groups in total. The van der Waals surface area contributed by atoms with E-state index < -0.39 is 0 Å². The lowest BCUT2D eigenvalue weighted by Gasteiger charge is -2.11. The number of rotatable bonds is 7. The summed E-state index contributed by atoms with van der Waals surface area (Å²) < 4.78 is 8.03. The second-order valence-electron chi connectivity index (χ2n) is 6.15. The predicted molar refractivity (Wildman–Crippen MR) is 106 cm³/mol. The lowest BCUT2D eigenvalue weighted by atomic mass is 10.4. The van der Waals surface area contributed by atoms with Crippen LogP contribution in [0.5, 0.6) is 0 Å². The Balaban J connectivity index is 1.76. The average Bonchev–Trinajstić information content (AvgIpc) is 3.35. The Labute approximate surface area is 159 Å². The van der Waals surface area contributed by atoms with Crippen molar-refractivity contribution in [3.63, 3.8) is 0 Å². The summed E-state index contributed by atoms with van der Waals surface area (Å²) in [7, 11) is 1.88. The van der Waals surface area contributed by atoms with Crippen molar-refractivity contribution in [1.82, 2.24) is 28.7 Å². The highest BCUT2D eigenvalue weighted by molar-refractivity contribution is 7.10. The fourth-order valence-electron chi connectivity index (χ4n) is 2.79. The van der Waals surface area contributed by atoms with Crippen LogP contribution in [-0.2, 0) is 7.05 Å². The number of anilines is 3. The summed E-state index contributed by atoms with van der Waals surface area (Å²) in [6.45, 7) is 2.68. The maximum Gasteiger partial charge on any atom is 0.230 e. The molecule has 0 saturated heterocycles. The molecule has 0 aliphatic rings. The molecule has 4 aromatic rings. The van der Waals surface area contributed by atoms with Crippen LogP contribution in [0.1, 0.15) is 12.1 Å².